The molecule has 1 rings (SSSR count). The molecular formula is C10H10F3N3O3. The van der Waals surface area contributed by atoms with Crippen LogP contribution in [0, 0.1) is 10.1 Å². The minimum Gasteiger partial charge on any atom is -0.325 e. The molecule has 6 nitrogen and oxygen atoms in total. The quantitative estimate of drug-likeness (QED) is 0.633. The van der Waals surface area contributed by atoms with Gasteiger partial charge in [-0.1, -0.05) is 0 Å². The van der Waals surface area contributed by atoms with E-state index in [0.29, 0.717) is 0 Å². The molecule has 0 atom stereocenters. The molecule has 0 heterocycles. The van der Waals surface area contributed by atoms with E-state index in [1.165, 1.54) is 24.3 Å². The van der Waals surface area contributed by atoms with Gasteiger partial charge in [-0.05, 0) is 12.1 Å². The van der Waals surface area contributed by atoms with Gasteiger partial charge in [0.25, 0.3) is 5.69 Å². The van der Waals surface area contributed by atoms with E-state index in [0.717, 1.165) is 0 Å². The monoisotopic (exact) mass is 277 g/mol. The number of hydrogen-bond donors (Lipinski definition) is 2. The van der Waals surface area contributed by atoms with Crippen LogP contribution in [0.1, 0.15) is 0 Å². The Kier molecular flexibility index (Phi) is 4.81. The number of benzene rings is 1. The van der Waals surface area contributed by atoms with Crippen LogP contribution in [0.25, 0.3) is 0 Å². The molecule has 0 aliphatic rings. The van der Waals surface area contributed by atoms with Crippen molar-refractivity contribution in [3.63, 3.8) is 0 Å². The maximum atomic E-state index is 11.8. The topological polar surface area (TPSA) is 84.3 Å². The Morgan fingerprint density at radius 1 is 1.26 bits per heavy atom. The molecule has 0 saturated carbocycles. The second-order valence-electron chi connectivity index (χ2n) is 3.57. The van der Waals surface area contributed by atoms with E-state index in [-0.39, 0.29) is 11.4 Å². The average Bonchev–Trinajstić information content (AvgIpc) is 2.27. The number of carbonyl (C=O) groups excluding carboxylic acids is 1. The van der Waals surface area contributed by atoms with Crippen LogP contribution in [0.4, 0.5) is 24.5 Å². The van der Waals surface area contributed by atoms with Crippen molar-refractivity contribution < 1.29 is 22.9 Å². The van der Waals surface area contributed by atoms with E-state index in [1.807, 2.05) is 5.32 Å². The first-order valence-corrected chi connectivity index (χ1v) is 5.10. The molecule has 0 aromatic heterocycles. The van der Waals surface area contributed by atoms with E-state index in [1.54, 1.807) is 0 Å². The van der Waals surface area contributed by atoms with Gasteiger partial charge in [0.2, 0.25) is 5.91 Å². The summed E-state index contributed by atoms with van der Waals surface area (Å²) in [6, 6.07) is 4.94. The zero-order chi connectivity index (χ0) is 14.5. The number of non-ortho nitro benzene ring substituents is 1. The molecule has 9 heteroatoms. The van der Waals surface area contributed by atoms with Crippen molar-refractivity contribution in [1.29, 1.82) is 0 Å². The lowest BCUT2D eigenvalue weighted by Gasteiger charge is -2.08. The molecule has 0 fully saturated rings. The number of hydrogen-bond acceptors (Lipinski definition) is 4. The lowest BCUT2D eigenvalue weighted by atomic mass is 10.3. The summed E-state index contributed by atoms with van der Waals surface area (Å²) in [6.45, 7) is -1.77. The van der Waals surface area contributed by atoms with Crippen molar-refractivity contribution >= 4 is 17.3 Å². The highest BCUT2D eigenvalue weighted by Crippen LogP contribution is 2.15. The van der Waals surface area contributed by atoms with E-state index >= 15 is 0 Å². The van der Waals surface area contributed by atoms with Crippen LogP contribution >= 0.6 is 0 Å². The molecular weight excluding hydrogens is 267 g/mol. The van der Waals surface area contributed by atoms with Gasteiger partial charge in [-0.25, -0.2) is 0 Å². The Hall–Kier alpha value is -2.16. The highest BCUT2D eigenvalue weighted by atomic mass is 19.4. The minimum atomic E-state index is -4.38. The predicted octanol–water partition coefficient (Wildman–Crippen LogP) is 1.69. The number of anilines is 1. The number of amides is 1. The first kappa shape index (κ1) is 14.9. The first-order valence-electron chi connectivity index (χ1n) is 5.10. The highest BCUT2D eigenvalue weighted by Gasteiger charge is 2.26. The molecule has 1 aromatic carbocycles. The molecule has 0 unspecified atom stereocenters. The summed E-state index contributed by atoms with van der Waals surface area (Å²) in [6.07, 6.45) is -4.38. The fourth-order valence-corrected chi connectivity index (χ4v) is 1.19. The summed E-state index contributed by atoms with van der Waals surface area (Å²) in [5.74, 6) is -0.668. The third-order valence-electron chi connectivity index (χ3n) is 1.97. The lowest BCUT2D eigenvalue weighted by Crippen LogP contribution is -2.35. The second-order valence-corrected chi connectivity index (χ2v) is 3.57. The molecule has 1 aromatic rings. The Morgan fingerprint density at radius 3 is 2.32 bits per heavy atom. The number of nitro benzene ring substituents is 1. The van der Waals surface area contributed by atoms with Crippen LogP contribution in [0.5, 0.6) is 0 Å². The Bertz CT molecular complexity index is 459. The second kappa shape index (κ2) is 6.14. The van der Waals surface area contributed by atoms with Crippen LogP contribution in [-0.2, 0) is 4.79 Å². The summed E-state index contributed by atoms with van der Waals surface area (Å²) in [5, 5.41) is 14.6. The van der Waals surface area contributed by atoms with Crippen molar-refractivity contribution in [1.82, 2.24) is 5.32 Å². The largest absolute Gasteiger partial charge is 0.401 e. The lowest BCUT2D eigenvalue weighted by molar-refractivity contribution is -0.384. The Labute approximate surface area is 105 Å². The molecule has 0 aliphatic carbocycles. The molecule has 0 spiro atoms. The molecule has 0 saturated heterocycles. The van der Waals surface area contributed by atoms with Gasteiger partial charge in [-0.2, -0.15) is 13.2 Å². The van der Waals surface area contributed by atoms with Crippen LogP contribution in [0.15, 0.2) is 24.3 Å². The summed E-state index contributed by atoms with van der Waals surface area (Å²) in [4.78, 5) is 21.0. The fourth-order valence-electron chi connectivity index (χ4n) is 1.19. The van der Waals surface area contributed by atoms with Crippen LogP contribution in [-0.4, -0.2) is 30.1 Å². The van der Waals surface area contributed by atoms with Crippen molar-refractivity contribution in [2.45, 2.75) is 6.18 Å². The zero-order valence-corrected chi connectivity index (χ0v) is 9.53. The molecule has 0 bridgehead atoms. The van der Waals surface area contributed by atoms with Gasteiger partial charge in [-0.3, -0.25) is 14.9 Å². The molecule has 104 valence electrons. The van der Waals surface area contributed by atoms with Gasteiger partial charge < -0.3 is 10.6 Å². The minimum absolute atomic E-state index is 0.145. The normalized spacial score (nSPS) is 11.1. The van der Waals surface area contributed by atoms with E-state index in [4.69, 9.17) is 0 Å². The van der Waals surface area contributed by atoms with Crippen molar-refractivity contribution in [3.05, 3.63) is 34.4 Å². The molecule has 1 amide bonds. The summed E-state index contributed by atoms with van der Waals surface area (Å²) in [5.41, 5.74) is 0.123. The summed E-state index contributed by atoms with van der Waals surface area (Å²) in [7, 11) is 0. The van der Waals surface area contributed by atoms with Crippen molar-refractivity contribution in [2.75, 3.05) is 18.4 Å². The number of nitrogens with one attached hydrogen (secondary N) is 2. The average molecular weight is 277 g/mol. The maximum Gasteiger partial charge on any atom is 0.401 e. The molecule has 0 radical (unpaired) electrons. The van der Waals surface area contributed by atoms with Gasteiger partial charge in [0, 0.05) is 17.8 Å². The van der Waals surface area contributed by atoms with E-state index in [9.17, 15) is 28.1 Å². The smallest absolute Gasteiger partial charge is 0.325 e. The van der Waals surface area contributed by atoms with Gasteiger partial charge in [-0.15, -0.1) is 0 Å². The fraction of sp³-hybridized carbons (Fsp3) is 0.300. The number of nitrogens with zero attached hydrogens (tertiary/aromatic N) is 1. The standard InChI is InChI=1S/C10H10F3N3O3/c11-10(12,13)6-14-5-9(17)15-7-1-3-8(4-2-7)16(18)19/h1-4,14H,5-6H2,(H,15,17). The summed E-state index contributed by atoms with van der Waals surface area (Å²) >= 11 is 0. The van der Waals surface area contributed by atoms with Crippen LogP contribution in [0.2, 0.25) is 0 Å². The van der Waals surface area contributed by atoms with E-state index in [2.05, 4.69) is 5.32 Å². The third-order valence-corrected chi connectivity index (χ3v) is 1.97. The maximum absolute atomic E-state index is 11.8. The third kappa shape index (κ3) is 5.82. The number of nitro groups is 1. The zero-order valence-electron chi connectivity index (χ0n) is 9.53. The van der Waals surface area contributed by atoms with Crippen LogP contribution < -0.4 is 10.6 Å². The highest BCUT2D eigenvalue weighted by molar-refractivity contribution is 5.92. The van der Waals surface area contributed by atoms with Crippen molar-refractivity contribution in [2.24, 2.45) is 0 Å². The molecule has 2 N–H and O–H groups in total. The number of rotatable bonds is 5. The summed E-state index contributed by atoms with van der Waals surface area (Å²) < 4.78 is 35.4. The van der Waals surface area contributed by atoms with E-state index < -0.39 is 30.1 Å². The number of carbonyl (C=O) groups is 1. The number of halogens is 3. The van der Waals surface area contributed by atoms with Gasteiger partial charge in [0.15, 0.2) is 0 Å². The van der Waals surface area contributed by atoms with Gasteiger partial charge >= 0.3 is 6.18 Å². The molecule has 19 heavy (non-hydrogen) atoms. The van der Waals surface area contributed by atoms with Gasteiger partial charge in [0.1, 0.15) is 0 Å². The Balaban J connectivity index is 2.42. The van der Waals surface area contributed by atoms with Crippen LogP contribution in [0.3, 0.4) is 0 Å². The predicted molar refractivity (Wildman–Crippen MR) is 60.7 cm³/mol. The first-order chi connectivity index (χ1) is 8.78. The number of alkyl halides is 3. The van der Waals surface area contributed by atoms with Crippen molar-refractivity contribution in [3.8, 4) is 0 Å². The van der Waals surface area contributed by atoms with Gasteiger partial charge in [0.05, 0.1) is 18.0 Å². The SMILES string of the molecule is O=C(CNCC(F)(F)F)Nc1ccc([N+](=O)[O-])cc1. The molecule has 0 aliphatic heterocycles. The Morgan fingerprint density at radius 2 is 1.84 bits per heavy atom.